The molecule has 1 atom stereocenters. The van der Waals surface area contributed by atoms with Crippen molar-refractivity contribution in [2.75, 3.05) is 11.9 Å². The van der Waals surface area contributed by atoms with Crippen molar-refractivity contribution in [1.82, 2.24) is 19.9 Å². The van der Waals surface area contributed by atoms with E-state index in [0.717, 1.165) is 11.3 Å². The van der Waals surface area contributed by atoms with E-state index in [1.54, 1.807) is 22.9 Å². The van der Waals surface area contributed by atoms with Crippen LogP contribution in [-0.2, 0) is 0 Å². The second kappa shape index (κ2) is 9.11. The number of nitrogens with one attached hydrogen (secondary N) is 2. The molecule has 0 bridgehead atoms. The number of thiazole rings is 1. The lowest BCUT2D eigenvalue weighted by molar-refractivity contribution is 0.252. The first-order valence-corrected chi connectivity index (χ1v) is 11.4. The second-order valence-electron chi connectivity index (χ2n) is 7.81. The summed E-state index contributed by atoms with van der Waals surface area (Å²) in [5.41, 5.74) is 3.62. The van der Waals surface area contributed by atoms with Gasteiger partial charge in [-0.15, -0.1) is 0 Å². The van der Waals surface area contributed by atoms with Crippen LogP contribution in [0.4, 0.5) is 14.3 Å². The molecule has 0 saturated carbocycles. The van der Waals surface area contributed by atoms with Gasteiger partial charge in [0.1, 0.15) is 5.82 Å². The van der Waals surface area contributed by atoms with Gasteiger partial charge in [0.2, 0.25) is 0 Å². The Balaban J connectivity index is 1.70. The lowest BCUT2D eigenvalue weighted by Gasteiger charge is -2.19. The Hall–Kier alpha value is -3.59. The number of urea groups is 1. The number of aromatic nitrogens is 3. The number of anilines is 1. The average Bonchev–Trinajstić information content (AvgIpc) is 3.13. The van der Waals surface area contributed by atoms with Crippen LogP contribution in [0.5, 0.6) is 0 Å². The molecule has 0 aliphatic rings. The van der Waals surface area contributed by atoms with Gasteiger partial charge < -0.3 is 9.88 Å². The average molecular weight is 466 g/mol. The lowest BCUT2D eigenvalue weighted by Crippen LogP contribution is -2.28. The van der Waals surface area contributed by atoms with E-state index in [4.69, 9.17) is 0 Å². The standard InChI is InChI=1S/C24H24FN5O2S/c1-5-26-23(32)29-24-28-20-10-18(19(25)11-21(20)33-24)17-8-14(3)30(22(31)9-17)15(4)16-7-6-13(2)27-12-16/h6-12,15H,5H2,1-4H3,(H2,26,28,29,32). The van der Waals surface area contributed by atoms with Gasteiger partial charge in [0, 0.05) is 35.8 Å². The molecule has 1 unspecified atom stereocenters. The number of rotatable bonds is 5. The highest BCUT2D eigenvalue weighted by atomic mass is 32.1. The minimum absolute atomic E-state index is 0.214. The molecule has 0 saturated heterocycles. The van der Waals surface area contributed by atoms with Crippen molar-refractivity contribution in [1.29, 1.82) is 0 Å². The van der Waals surface area contributed by atoms with Gasteiger partial charge in [-0.25, -0.2) is 14.2 Å². The molecule has 0 aliphatic carbocycles. The highest BCUT2D eigenvalue weighted by Crippen LogP contribution is 2.32. The zero-order valence-corrected chi connectivity index (χ0v) is 19.6. The molecular formula is C24H24FN5O2S. The normalized spacial score (nSPS) is 12.0. The largest absolute Gasteiger partial charge is 0.338 e. The van der Waals surface area contributed by atoms with Crippen molar-refractivity contribution in [3.63, 3.8) is 0 Å². The second-order valence-corrected chi connectivity index (χ2v) is 8.84. The summed E-state index contributed by atoms with van der Waals surface area (Å²) in [4.78, 5) is 33.5. The summed E-state index contributed by atoms with van der Waals surface area (Å²) in [6, 6.07) is 9.51. The minimum Gasteiger partial charge on any atom is -0.338 e. The van der Waals surface area contributed by atoms with Crippen LogP contribution in [0.15, 0.2) is 47.4 Å². The number of amides is 2. The predicted molar refractivity (Wildman–Crippen MR) is 129 cm³/mol. The van der Waals surface area contributed by atoms with Gasteiger partial charge in [-0.05, 0) is 63.1 Å². The van der Waals surface area contributed by atoms with Gasteiger partial charge >= 0.3 is 6.03 Å². The van der Waals surface area contributed by atoms with Crippen molar-refractivity contribution in [2.24, 2.45) is 0 Å². The molecule has 3 aromatic heterocycles. The van der Waals surface area contributed by atoms with Crippen LogP contribution >= 0.6 is 11.3 Å². The Morgan fingerprint density at radius 3 is 2.67 bits per heavy atom. The fraction of sp³-hybridized carbons (Fsp3) is 0.250. The molecule has 0 spiro atoms. The zero-order valence-electron chi connectivity index (χ0n) is 18.8. The first kappa shape index (κ1) is 22.6. The quantitative estimate of drug-likeness (QED) is 0.433. The molecule has 3 heterocycles. The summed E-state index contributed by atoms with van der Waals surface area (Å²) in [5, 5.41) is 5.65. The maximum Gasteiger partial charge on any atom is 0.321 e. The Labute approximate surface area is 194 Å². The van der Waals surface area contributed by atoms with Gasteiger partial charge in [0.15, 0.2) is 5.13 Å². The SMILES string of the molecule is CCNC(=O)Nc1nc2cc(-c3cc(C)n(C(C)c4ccc(C)nc4)c(=O)c3)c(F)cc2s1. The van der Waals surface area contributed by atoms with Gasteiger partial charge in [0.25, 0.3) is 5.56 Å². The third-order valence-corrected chi connectivity index (χ3v) is 6.34. The number of hydrogen-bond donors (Lipinski definition) is 2. The van der Waals surface area contributed by atoms with Crippen molar-refractivity contribution >= 4 is 32.7 Å². The smallest absolute Gasteiger partial charge is 0.321 e. The summed E-state index contributed by atoms with van der Waals surface area (Å²) in [5.74, 6) is -0.456. The van der Waals surface area contributed by atoms with E-state index in [9.17, 15) is 14.0 Å². The van der Waals surface area contributed by atoms with Crippen LogP contribution in [0.25, 0.3) is 21.3 Å². The Bertz CT molecular complexity index is 1390. The summed E-state index contributed by atoms with van der Waals surface area (Å²) >= 11 is 1.19. The maximum absolute atomic E-state index is 15.0. The monoisotopic (exact) mass is 465 g/mol. The fourth-order valence-corrected chi connectivity index (χ4v) is 4.63. The fourth-order valence-electron chi connectivity index (χ4n) is 3.77. The molecule has 33 heavy (non-hydrogen) atoms. The van der Waals surface area contributed by atoms with E-state index in [2.05, 4.69) is 20.6 Å². The molecule has 7 nitrogen and oxygen atoms in total. The Morgan fingerprint density at radius 1 is 1.21 bits per heavy atom. The number of aryl methyl sites for hydroxylation is 2. The number of halogens is 1. The third kappa shape index (κ3) is 4.63. The molecule has 9 heteroatoms. The molecule has 0 fully saturated rings. The van der Waals surface area contributed by atoms with Crippen molar-refractivity contribution in [3.05, 3.63) is 75.7 Å². The van der Waals surface area contributed by atoms with E-state index in [-0.39, 0.29) is 23.2 Å². The van der Waals surface area contributed by atoms with Crippen molar-refractivity contribution in [3.8, 4) is 11.1 Å². The van der Waals surface area contributed by atoms with Gasteiger partial charge in [-0.2, -0.15) is 0 Å². The topological polar surface area (TPSA) is 88.9 Å². The van der Waals surface area contributed by atoms with Gasteiger partial charge in [-0.1, -0.05) is 17.4 Å². The number of pyridine rings is 2. The van der Waals surface area contributed by atoms with Crippen LogP contribution < -0.4 is 16.2 Å². The molecule has 170 valence electrons. The molecular weight excluding hydrogens is 441 g/mol. The van der Waals surface area contributed by atoms with E-state index < -0.39 is 5.82 Å². The molecule has 4 rings (SSSR count). The predicted octanol–water partition coefficient (Wildman–Crippen LogP) is 5.03. The highest BCUT2D eigenvalue weighted by Gasteiger charge is 2.17. The van der Waals surface area contributed by atoms with Crippen LogP contribution in [0, 0.1) is 19.7 Å². The van der Waals surface area contributed by atoms with Gasteiger partial charge in [0.05, 0.1) is 16.3 Å². The van der Waals surface area contributed by atoms with Crippen molar-refractivity contribution in [2.45, 2.75) is 33.7 Å². The first-order valence-electron chi connectivity index (χ1n) is 10.6. The molecule has 2 amide bonds. The number of benzene rings is 1. The zero-order chi connectivity index (χ0) is 23.7. The molecule has 0 radical (unpaired) electrons. The Morgan fingerprint density at radius 2 is 2.00 bits per heavy atom. The summed E-state index contributed by atoms with van der Waals surface area (Å²) in [6.07, 6.45) is 1.77. The van der Waals surface area contributed by atoms with E-state index in [1.807, 2.05) is 39.8 Å². The molecule has 0 aliphatic heterocycles. The summed E-state index contributed by atoms with van der Waals surface area (Å²) < 4.78 is 17.3. The van der Waals surface area contributed by atoms with E-state index >= 15 is 0 Å². The summed E-state index contributed by atoms with van der Waals surface area (Å²) in [6.45, 7) is 7.98. The molecule has 2 N–H and O–H groups in total. The molecule has 1 aromatic carbocycles. The maximum atomic E-state index is 15.0. The van der Waals surface area contributed by atoms with E-state index in [0.29, 0.717) is 33.2 Å². The van der Waals surface area contributed by atoms with Crippen LogP contribution in [-0.4, -0.2) is 27.1 Å². The number of hydrogen-bond acceptors (Lipinski definition) is 5. The van der Waals surface area contributed by atoms with Crippen LogP contribution in [0.2, 0.25) is 0 Å². The number of nitrogens with zero attached hydrogens (tertiary/aromatic N) is 3. The third-order valence-electron chi connectivity index (χ3n) is 5.41. The number of fused-ring (bicyclic) bond motifs is 1. The highest BCUT2D eigenvalue weighted by molar-refractivity contribution is 7.22. The number of carbonyl (C=O) groups excluding carboxylic acids is 1. The minimum atomic E-state index is -0.456. The van der Waals surface area contributed by atoms with Crippen LogP contribution in [0.3, 0.4) is 0 Å². The van der Waals surface area contributed by atoms with E-state index in [1.165, 1.54) is 23.5 Å². The van der Waals surface area contributed by atoms with Crippen molar-refractivity contribution < 1.29 is 9.18 Å². The lowest BCUT2D eigenvalue weighted by atomic mass is 10.0. The Kier molecular flexibility index (Phi) is 6.24. The van der Waals surface area contributed by atoms with Gasteiger partial charge in [-0.3, -0.25) is 15.1 Å². The summed E-state index contributed by atoms with van der Waals surface area (Å²) in [7, 11) is 0. The molecule has 4 aromatic rings. The van der Waals surface area contributed by atoms with Crippen LogP contribution in [0.1, 0.15) is 36.8 Å². The number of carbonyl (C=O) groups is 1. The first-order chi connectivity index (χ1) is 15.8.